The lowest BCUT2D eigenvalue weighted by Gasteiger charge is -2.12. The van der Waals surface area contributed by atoms with E-state index in [2.05, 4.69) is 276 Å². The van der Waals surface area contributed by atoms with Crippen LogP contribution >= 0.6 is 0 Å². The third-order valence-corrected chi connectivity index (χ3v) is 13.7. The van der Waals surface area contributed by atoms with Crippen molar-refractivity contribution in [3.63, 3.8) is 0 Å². The monoisotopic (exact) mass is 864 g/mol. The lowest BCUT2D eigenvalue weighted by molar-refractivity contribution is 1.18. The molecule has 0 saturated heterocycles. The van der Waals surface area contributed by atoms with E-state index in [1.54, 1.807) is 0 Å². The number of hydrogen-bond donors (Lipinski definition) is 0. The van der Waals surface area contributed by atoms with E-state index < -0.39 is 0 Å². The molecule has 0 aliphatic carbocycles. The topological polar surface area (TPSA) is 9.86 Å². The van der Waals surface area contributed by atoms with Gasteiger partial charge in [-0.3, -0.25) is 0 Å². The summed E-state index contributed by atoms with van der Waals surface area (Å²) < 4.78 is 4.79. The van der Waals surface area contributed by atoms with Crippen LogP contribution in [0.15, 0.2) is 267 Å². The van der Waals surface area contributed by atoms with Crippen molar-refractivity contribution in [2.75, 3.05) is 0 Å². The van der Waals surface area contributed by atoms with Crippen LogP contribution in [0.1, 0.15) is 0 Å². The molecule has 2 nitrogen and oxygen atoms in total. The zero-order valence-corrected chi connectivity index (χ0v) is 37.3. The second-order valence-corrected chi connectivity index (χ2v) is 17.7. The lowest BCUT2D eigenvalue weighted by atomic mass is 9.95. The first kappa shape index (κ1) is 39.4. The highest BCUT2D eigenvalue weighted by Crippen LogP contribution is 2.39. The van der Waals surface area contributed by atoms with Gasteiger partial charge in [-0.25, -0.2) is 0 Å². The first-order chi connectivity index (χ1) is 33.7. The maximum absolute atomic E-state index is 2.42. The molecule has 0 N–H and O–H groups in total. The predicted molar refractivity (Wildman–Crippen MR) is 288 cm³/mol. The highest BCUT2D eigenvalue weighted by molar-refractivity contribution is 6.12. The third kappa shape index (κ3) is 6.90. The molecule has 318 valence electrons. The Hall–Kier alpha value is -8.98. The Morgan fingerprint density at radius 1 is 0.162 bits per heavy atom. The molecule has 2 aromatic heterocycles. The Balaban J connectivity index is 0.787. The first-order valence-corrected chi connectivity index (χ1v) is 23.4. The van der Waals surface area contributed by atoms with Crippen molar-refractivity contribution in [1.82, 2.24) is 9.13 Å². The SMILES string of the molecule is c1ccc(-c2cccc(-c3cccc(-c4ccc(-c5ccc(-c6cccc(-n7c8ccccc8c8cc(-c9ccc%10c(c9)c9ccccc9n%10-c9ccccc9)ccc87)c6)cc5)cc4)c3)c2)cc1. The van der Waals surface area contributed by atoms with E-state index in [1.807, 2.05) is 0 Å². The van der Waals surface area contributed by atoms with Crippen molar-refractivity contribution in [1.29, 1.82) is 0 Å². The van der Waals surface area contributed by atoms with Crippen LogP contribution < -0.4 is 0 Å². The van der Waals surface area contributed by atoms with Crippen molar-refractivity contribution in [2.45, 2.75) is 0 Å². The Bertz CT molecular complexity index is 3990. The summed E-state index contributed by atoms with van der Waals surface area (Å²) in [5.74, 6) is 0. The minimum absolute atomic E-state index is 1.14. The second-order valence-electron chi connectivity index (χ2n) is 17.7. The van der Waals surface area contributed by atoms with E-state index in [0.29, 0.717) is 0 Å². The fourth-order valence-electron chi connectivity index (χ4n) is 10.4. The van der Waals surface area contributed by atoms with E-state index in [9.17, 15) is 0 Å². The van der Waals surface area contributed by atoms with Crippen molar-refractivity contribution < 1.29 is 0 Å². The van der Waals surface area contributed by atoms with E-state index in [4.69, 9.17) is 0 Å². The standard InChI is InChI=1S/C66H44N2/c1-3-14-45(15-4-1)50-16-11-18-52(40-50)53-19-12-17-51(41-53)48-32-28-46(29-33-48)47-30-34-49(35-31-47)54-20-13-23-58(42-54)68-64-27-10-8-25-60(64)62-44-56(37-39-66(62)68)55-36-38-65-61(43-55)59-24-7-9-26-63(59)67(65)57-21-5-2-6-22-57/h1-44H. The molecule has 0 amide bonds. The van der Waals surface area contributed by atoms with Gasteiger partial charge in [-0.05, 0) is 140 Å². The molecule has 0 radical (unpaired) electrons. The van der Waals surface area contributed by atoms with Gasteiger partial charge in [0.2, 0.25) is 0 Å². The van der Waals surface area contributed by atoms with Crippen LogP contribution in [-0.4, -0.2) is 9.13 Å². The quantitative estimate of drug-likeness (QED) is 0.144. The van der Waals surface area contributed by atoms with Crippen molar-refractivity contribution >= 4 is 43.6 Å². The molecule has 0 aliphatic rings. The highest BCUT2D eigenvalue weighted by atomic mass is 15.0. The van der Waals surface area contributed by atoms with Crippen LogP contribution in [-0.2, 0) is 0 Å². The number of benzene rings is 11. The zero-order chi connectivity index (χ0) is 45.0. The van der Waals surface area contributed by atoms with Crippen LogP contribution in [0.4, 0.5) is 0 Å². The van der Waals surface area contributed by atoms with Crippen molar-refractivity contribution in [3.8, 4) is 78.1 Å². The molecule has 0 fully saturated rings. The summed E-state index contributed by atoms with van der Waals surface area (Å²) in [4.78, 5) is 0. The third-order valence-electron chi connectivity index (χ3n) is 13.7. The summed E-state index contributed by atoms with van der Waals surface area (Å²) in [6.07, 6.45) is 0. The normalized spacial score (nSPS) is 11.5. The van der Waals surface area contributed by atoms with Crippen molar-refractivity contribution in [3.05, 3.63) is 267 Å². The van der Waals surface area contributed by atoms with Crippen LogP contribution in [0.3, 0.4) is 0 Å². The number of hydrogen-bond acceptors (Lipinski definition) is 0. The smallest absolute Gasteiger partial charge is 0.0541 e. The van der Waals surface area contributed by atoms with Gasteiger partial charge in [-0.15, -0.1) is 0 Å². The van der Waals surface area contributed by atoms with E-state index in [0.717, 1.165) is 5.69 Å². The van der Waals surface area contributed by atoms with Gasteiger partial charge in [0.1, 0.15) is 0 Å². The van der Waals surface area contributed by atoms with Gasteiger partial charge in [0.05, 0.1) is 22.1 Å². The summed E-state index contributed by atoms with van der Waals surface area (Å²) in [6, 6.07) is 97.3. The highest BCUT2D eigenvalue weighted by Gasteiger charge is 2.17. The summed E-state index contributed by atoms with van der Waals surface area (Å²) in [7, 11) is 0. The first-order valence-electron chi connectivity index (χ1n) is 23.4. The molecule has 0 bridgehead atoms. The van der Waals surface area contributed by atoms with E-state index >= 15 is 0 Å². The van der Waals surface area contributed by atoms with Gasteiger partial charge in [0.15, 0.2) is 0 Å². The van der Waals surface area contributed by atoms with Crippen LogP contribution in [0, 0.1) is 0 Å². The molecule has 13 rings (SSSR count). The molecule has 0 saturated carbocycles. The van der Waals surface area contributed by atoms with Gasteiger partial charge in [0, 0.05) is 32.9 Å². The Labute approximate surface area is 395 Å². The van der Waals surface area contributed by atoms with Gasteiger partial charge >= 0.3 is 0 Å². The molecular formula is C66H44N2. The minimum atomic E-state index is 1.14. The Morgan fingerprint density at radius 2 is 0.456 bits per heavy atom. The fraction of sp³-hybridized carbons (Fsp3) is 0. The van der Waals surface area contributed by atoms with E-state index in [1.165, 1.54) is 116 Å². The van der Waals surface area contributed by atoms with E-state index in [-0.39, 0.29) is 0 Å². The number of fused-ring (bicyclic) bond motifs is 6. The maximum Gasteiger partial charge on any atom is 0.0541 e. The largest absolute Gasteiger partial charge is 0.309 e. The zero-order valence-electron chi connectivity index (χ0n) is 37.3. The molecule has 2 heterocycles. The van der Waals surface area contributed by atoms with Gasteiger partial charge in [-0.1, -0.05) is 194 Å². The minimum Gasteiger partial charge on any atom is -0.309 e. The molecule has 2 heteroatoms. The predicted octanol–water partition coefficient (Wildman–Crippen LogP) is 17.9. The summed E-state index contributed by atoms with van der Waals surface area (Å²) in [5.41, 5.74) is 21.6. The molecule has 13 aromatic rings. The lowest BCUT2D eigenvalue weighted by Crippen LogP contribution is -1.94. The molecule has 11 aromatic carbocycles. The Kier molecular flexibility index (Phi) is 9.54. The fourth-order valence-corrected chi connectivity index (χ4v) is 10.4. The number of para-hydroxylation sites is 3. The van der Waals surface area contributed by atoms with Gasteiger partial charge in [-0.2, -0.15) is 0 Å². The average molecular weight is 865 g/mol. The average Bonchev–Trinajstić information content (AvgIpc) is 3.94. The molecule has 0 unspecified atom stereocenters. The number of rotatable bonds is 8. The molecule has 0 aliphatic heterocycles. The van der Waals surface area contributed by atoms with Gasteiger partial charge < -0.3 is 9.13 Å². The Morgan fingerprint density at radius 3 is 0.956 bits per heavy atom. The van der Waals surface area contributed by atoms with Crippen molar-refractivity contribution in [2.24, 2.45) is 0 Å². The van der Waals surface area contributed by atoms with Crippen LogP contribution in [0.25, 0.3) is 122 Å². The van der Waals surface area contributed by atoms with Crippen LogP contribution in [0.2, 0.25) is 0 Å². The number of nitrogens with zero attached hydrogens (tertiary/aromatic N) is 2. The molecule has 0 atom stereocenters. The maximum atomic E-state index is 2.42. The molecular weight excluding hydrogens is 821 g/mol. The molecule has 68 heavy (non-hydrogen) atoms. The summed E-state index contributed by atoms with van der Waals surface area (Å²) in [6.45, 7) is 0. The number of aromatic nitrogens is 2. The second kappa shape index (κ2) is 16.5. The van der Waals surface area contributed by atoms with Crippen LogP contribution in [0.5, 0.6) is 0 Å². The summed E-state index contributed by atoms with van der Waals surface area (Å²) in [5, 5.41) is 5.00. The summed E-state index contributed by atoms with van der Waals surface area (Å²) >= 11 is 0. The van der Waals surface area contributed by atoms with Gasteiger partial charge in [0.25, 0.3) is 0 Å². The molecule has 0 spiro atoms.